The second kappa shape index (κ2) is 8.51. The number of anilines is 1. The summed E-state index contributed by atoms with van der Waals surface area (Å²) in [5.41, 5.74) is 4.04. The molecule has 8 heteroatoms. The molecule has 2 aliphatic heterocycles. The Morgan fingerprint density at radius 1 is 1.26 bits per heavy atom. The number of nitrogens with one attached hydrogen (secondary N) is 3. The van der Waals surface area contributed by atoms with E-state index in [-0.39, 0.29) is 5.91 Å². The van der Waals surface area contributed by atoms with Gasteiger partial charge in [0.1, 0.15) is 11.4 Å². The largest absolute Gasteiger partial charge is 0.393 e. The molecule has 1 amide bonds. The van der Waals surface area contributed by atoms with Crippen molar-refractivity contribution in [2.75, 3.05) is 25.0 Å². The molecule has 160 valence electrons. The normalized spacial score (nSPS) is 18.0. The number of rotatable bonds is 5. The van der Waals surface area contributed by atoms with Crippen LogP contribution in [0.15, 0.2) is 47.9 Å². The third kappa shape index (κ3) is 3.93. The lowest BCUT2D eigenvalue weighted by Gasteiger charge is -2.40. The van der Waals surface area contributed by atoms with E-state index in [4.69, 9.17) is 17.0 Å². The molecule has 0 atom stereocenters. The van der Waals surface area contributed by atoms with Crippen LogP contribution in [0.4, 0.5) is 5.69 Å². The predicted molar refractivity (Wildman–Crippen MR) is 126 cm³/mol. The number of amidine groups is 1. The van der Waals surface area contributed by atoms with Gasteiger partial charge in [-0.25, -0.2) is 0 Å². The first kappa shape index (κ1) is 21.1. The molecule has 0 saturated carbocycles. The average Bonchev–Trinajstić information content (AvgIpc) is 3.05. The predicted octanol–water partition coefficient (Wildman–Crippen LogP) is 3.50. The van der Waals surface area contributed by atoms with Crippen LogP contribution < -0.4 is 15.5 Å². The van der Waals surface area contributed by atoms with E-state index in [1.807, 2.05) is 44.4 Å². The SMILES string of the molecule is CN/C=C(\C=N)c1ccc(-c2cncc(Cl)c2N2CCC3(CC2)NC(C)=NC3=O)cc1. The molecule has 1 spiro atoms. The van der Waals surface area contributed by atoms with E-state index in [1.165, 1.54) is 6.21 Å². The zero-order valence-electron chi connectivity index (χ0n) is 17.6. The Kier molecular flexibility index (Phi) is 5.78. The van der Waals surface area contributed by atoms with Crippen molar-refractivity contribution in [1.82, 2.24) is 15.6 Å². The molecule has 3 heterocycles. The van der Waals surface area contributed by atoms with Crippen molar-refractivity contribution in [2.24, 2.45) is 4.99 Å². The molecule has 7 nitrogen and oxygen atoms in total. The Labute approximate surface area is 186 Å². The molecule has 1 fully saturated rings. The molecular formula is C23H25ClN6O. The van der Waals surface area contributed by atoms with Crippen molar-refractivity contribution in [1.29, 1.82) is 5.41 Å². The minimum Gasteiger partial charge on any atom is -0.393 e. The third-order valence-corrected chi connectivity index (χ3v) is 6.17. The van der Waals surface area contributed by atoms with Gasteiger partial charge in [0.25, 0.3) is 5.91 Å². The van der Waals surface area contributed by atoms with E-state index in [0.29, 0.717) is 36.8 Å². The van der Waals surface area contributed by atoms with Gasteiger partial charge >= 0.3 is 0 Å². The molecule has 0 bridgehead atoms. The van der Waals surface area contributed by atoms with Crippen LogP contribution in [0.2, 0.25) is 5.02 Å². The fraction of sp³-hybridized carbons (Fsp3) is 0.304. The van der Waals surface area contributed by atoms with Gasteiger partial charge in [-0.05, 0) is 30.9 Å². The maximum Gasteiger partial charge on any atom is 0.273 e. The lowest BCUT2D eigenvalue weighted by Crippen LogP contribution is -2.55. The van der Waals surface area contributed by atoms with Crippen LogP contribution >= 0.6 is 11.6 Å². The number of halogens is 1. The van der Waals surface area contributed by atoms with Crippen LogP contribution in [0.5, 0.6) is 0 Å². The van der Waals surface area contributed by atoms with Crippen molar-refractivity contribution < 1.29 is 4.79 Å². The summed E-state index contributed by atoms with van der Waals surface area (Å²) >= 11 is 6.60. The second-order valence-corrected chi connectivity index (χ2v) is 8.23. The van der Waals surface area contributed by atoms with Crippen molar-refractivity contribution >= 4 is 40.8 Å². The first-order valence-electron chi connectivity index (χ1n) is 10.2. The van der Waals surface area contributed by atoms with Gasteiger partial charge in [0, 0.05) is 56.1 Å². The summed E-state index contributed by atoms with van der Waals surface area (Å²) < 4.78 is 0. The number of aliphatic imine (C=N–C) groups is 1. The molecule has 1 aromatic heterocycles. The van der Waals surface area contributed by atoms with Gasteiger partial charge in [0.2, 0.25) is 0 Å². The summed E-state index contributed by atoms with van der Waals surface area (Å²) in [6.07, 6.45) is 7.94. The average molecular weight is 437 g/mol. The molecule has 0 aliphatic carbocycles. The minimum atomic E-state index is -0.579. The minimum absolute atomic E-state index is 0.0714. The molecule has 1 saturated heterocycles. The zero-order chi connectivity index (χ0) is 22.0. The topological polar surface area (TPSA) is 93.5 Å². The van der Waals surface area contributed by atoms with Crippen LogP contribution in [-0.2, 0) is 4.79 Å². The highest BCUT2D eigenvalue weighted by Gasteiger charge is 2.45. The van der Waals surface area contributed by atoms with Gasteiger partial charge in [-0.15, -0.1) is 0 Å². The highest BCUT2D eigenvalue weighted by atomic mass is 35.5. The number of piperidine rings is 1. The highest BCUT2D eigenvalue weighted by Crippen LogP contribution is 2.39. The fourth-order valence-electron chi connectivity index (χ4n) is 4.30. The van der Waals surface area contributed by atoms with Gasteiger partial charge < -0.3 is 20.9 Å². The number of carbonyl (C=O) groups excluding carboxylic acids is 1. The molecule has 31 heavy (non-hydrogen) atoms. The number of amides is 1. The summed E-state index contributed by atoms with van der Waals surface area (Å²) in [5.74, 6) is 0.621. The van der Waals surface area contributed by atoms with Crippen LogP contribution in [0.3, 0.4) is 0 Å². The van der Waals surface area contributed by atoms with E-state index in [9.17, 15) is 4.79 Å². The van der Waals surface area contributed by atoms with Crippen molar-refractivity contribution in [2.45, 2.75) is 25.3 Å². The second-order valence-electron chi connectivity index (χ2n) is 7.82. The van der Waals surface area contributed by atoms with Crippen LogP contribution in [-0.4, -0.2) is 48.6 Å². The Morgan fingerprint density at radius 2 is 1.97 bits per heavy atom. The Bertz CT molecular complexity index is 1070. The van der Waals surface area contributed by atoms with Crippen LogP contribution in [0.1, 0.15) is 25.3 Å². The number of hydrogen-bond donors (Lipinski definition) is 3. The summed E-state index contributed by atoms with van der Waals surface area (Å²) in [7, 11) is 1.81. The quantitative estimate of drug-likeness (QED) is 0.624. The van der Waals surface area contributed by atoms with E-state index < -0.39 is 5.54 Å². The monoisotopic (exact) mass is 436 g/mol. The maximum absolute atomic E-state index is 12.4. The molecule has 2 aromatic rings. The molecule has 1 aromatic carbocycles. The number of hydrogen-bond acceptors (Lipinski definition) is 6. The number of allylic oxidation sites excluding steroid dienone is 1. The molecular weight excluding hydrogens is 412 g/mol. The summed E-state index contributed by atoms with van der Waals surface area (Å²) in [5, 5.41) is 14.4. The number of pyridine rings is 1. The first-order valence-corrected chi connectivity index (χ1v) is 10.6. The molecule has 4 rings (SSSR count). The van der Waals surface area contributed by atoms with Crippen molar-refractivity contribution in [3.8, 4) is 11.1 Å². The zero-order valence-corrected chi connectivity index (χ0v) is 18.3. The molecule has 2 aliphatic rings. The first-order chi connectivity index (χ1) is 15.0. The highest BCUT2D eigenvalue weighted by molar-refractivity contribution is 6.33. The van der Waals surface area contributed by atoms with Gasteiger partial charge in [0.15, 0.2) is 0 Å². The van der Waals surface area contributed by atoms with Crippen LogP contribution in [0.25, 0.3) is 16.7 Å². The Morgan fingerprint density at radius 3 is 2.55 bits per heavy atom. The number of aromatic nitrogens is 1. The summed E-state index contributed by atoms with van der Waals surface area (Å²) in [6.45, 7) is 3.22. The Hall–Kier alpha value is -3.19. The van der Waals surface area contributed by atoms with E-state index >= 15 is 0 Å². The fourth-order valence-corrected chi connectivity index (χ4v) is 4.58. The van der Waals surface area contributed by atoms with Gasteiger partial charge in [-0.2, -0.15) is 4.99 Å². The number of nitrogens with zero attached hydrogens (tertiary/aromatic N) is 3. The van der Waals surface area contributed by atoms with Gasteiger partial charge in [0.05, 0.1) is 10.7 Å². The van der Waals surface area contributed by atoms with Crippen molar-refractivity contribution in [3.63, 3.8) is 0 Å². The molecule has 0 radical (unpaired) electrons. The van der Waals surface area contributed by atoms with Gasteiger partial charge in [-0.3, -0.25) is 9.78 Å². The van der Waals surface area contributed by atoms with Gasteiger partial charge in [-0.1, -0.05) is 35.9 Å². The summed E-state index contributed by atoms with van der Waals surface area (Å²) in [4.78, 5) is 23.0. The van der Waals surface area contributed by atoms with E-state index in [2.05, 4.69) is 25.5 Å². The van der Waals surface area contributed by atoms with E-state index in [0.717, 1.165) is 28.0 Å². The van der Waals surface area contributed by atoms with Crippen molar-refractivity contribution in [3.05, 3.63) is 53.4 Å². The number of carbonyl (C=O) groups is 1. The number of benzene rings is 1. The maximum atomic E-state index is 12.4. The standard InChI is InChI=1S/C23H25ClN6O/c1-15-28-22(31)23(29-15)7-9-30(10-8-23)21-19(13-27-14-20(21)24)17-5-3-16(4-6-17)18(11-25)12-26-2/h3-6,11-14,25-26H,7-10H2,1-2H3,(H,28,29,31)/b18-12+,25-11?. The van der Waals surface area contributed by atoms with Crippen LogP contribution in [0, 0.1) is 5.41 Å². The summed E-state index contributed by atoms with van der Waals surface area (Å²) in [6, 6.07) is 8.01. The molecule has 0 unspecified atom stereocenters. The third-order valence-electron chi connectivity index (χ3n) is 5.89. The van der Waals surface area contributed by atoms with E-state index in [1.54, 1.807) is 12.4 Å². The lowest BCUT2D eigenvalue weighted by atomic mass is 9.87. The smallest absolute Gasteiger partial charge is 0.273 e. The Balaban J connectivity index is 1.61. The lowest BCUT2D eigenvalue weighted by molar-refractivity contribution is -0.123. The molecule has 3 N–H and O–H groups in total.